The SMILES string of the molecule is CC(C)NS(=O)(=O)c1ccc(CC(N)=S)cc1. The summed E-state index contributed by atoms with van der Waals surface area (Å²) in [6, 6.07) is 6.41. The molecule has 6 heteroatoms. The van der Waals surface area contributed by atoms with Crippen molar-refractivity contribution in [2.45, 2.75) is 31.2 Å². The molecule has 0 aliphatic carbocycles. The van der Waals surface area contributed by atoms with E-state index in [4.69, 9.17) is 18.0 Å². The van der Waals surface area contributed by atoms with Gasteiger partial charge >= 0.3 is 0 Å². The lowest BCUT2D eigenvalue weighted by molar-refractivity contribution is 0.570. The van der Waals surface area contributed by atoms with E-state index in [-0.39, 0.29) is 10.9 Å². The van der Waals surface area contributed by atoms with Crippen LogP contribution in [0.1, 0.15) is 19.4 Å². The van der Waals surface area contributed by atoms with E-state index in [2.05, 4.69) is 4.72 Å². The number of thiocarbonyl (C=S) groups is 1. The maximum atomic E-state index is 11.8. The number of sulfonamides is 1. The van der Waals surface area contributed by atoms with Crippen LogP contribution in [0.5, 0.6) is 0 Å². The molecule has 17 heavy (non-hydrogen) atoms. The van der Waals surface area contributed by atoms with Gasteiger partial charge in [-0.3, -0.25) is 0 Å². The Morgan fingerprint density at radius 1 is 1.35 bits per heavy atom. The summed E-state index contributed by atoms with van der Waals surface area (Å²) in [6.07, 6.45) is 0.479. The van der Waals surface area contributed by atoms with Gasteiger partial charge in [-0.25, -0.2) is 13.1 Å². The topological polar surface area (TPSA) is 72.2 Å². The lowest BCUT2D eigenvalue weighted by atomic mass is 10.1. The van der Waals surface area contributed by atoms with Crippen molar-refractivity contribution in [3.8, 4) is 0 Å². The van der Waals surface area contributed by atoms with Crippen molar-refractivity contribution in [3.63, 3.8) is 0 Å². The molecule has 0 amide bonds. The molecule has 4 nitrogen and oxygen atoms in total. The van der Waals surface area contributed by atoms with Gasteiger partial charge < -0.3 is 5.73 Å². The molecule has 0 aliphatic rings. The van der Waals surface area contributed by atoms with E-state index < -0.39 is 10.0 Å². The van der Waals surface area contributed by atoms with Crippen molar-refractivity contribution in [3.05, 3.63) is 29.8 Å². The Kier molecular flexibility index (Phi) is 4.62. The van der Waals surface area contributed by atoms with Crippen molar-refractivity contribution in [1.82, 2.24) is 4.72 Å². The molecule has 0 bridgehead atoms. The fourth-order valence-corrected chi connectivity index (χ4v) is 2.78. The van der Waals surface area contributed by atoms with E-state index in [9.17, 15) is 8.42 Å². The number of benzene rings is 1. The zero-order valence-electron chi connectivity index (χ0n) is 9.80. The van der Waals surface area contributed by atoms with Crippen LogP contribution < -0.4 is 10.5 Å². The van der Waals surface area contributed by atoms with E-state index in [1.54, 1.807) is 38.1 Å². The summed E-state index contributed by atoms with van der Waals surface area (Å²) >= 11 is 4.79. The highest BCUT2D eigenvalue weighted by Crippen LogP contribution is 2.11. The third-order valence-corrected chi connectivity index (χ3v) is 3.82. The van der Waals surface area contributed by atoms with Crippen LogP contribution in [0.2, 0.25) is 0 Å². The molecule has 0 unspecified atom stereocenters. The average molecular weight is 272 g/mol. The molecule has 0 atom stereocenters. The lowest BCUT2D eigenvalue weighted by Crippen LogP contribution is -2.30. The van der Waals surface area contributed by atoms with Crippen molar-refractivity contribution in [1.29, 1.82) is 0 Å². The molecular formula is C11H16N2O2S2. The van der Waals surface area contributed by atoms with Crippen molar-refractivity contribution < 1.29 is 8.42 Å². The van der Waals surface area contributed by atoms with Crippen LogP contribution in [-0.2, 0) is 16.4 Å². The zero-order chi connectivity index (χ0) is 13.1. The average Bonchev–Trinajstić information content (AvgIpc) is 2.15. The Morgan fingerprint density at radius 3 is 2.29 bits per heavy atom. The second-order valence-corrected chi connectivity index (χ2v) is 6.30. The quantitative estimate of drug-likeness (QED) is 0.790. The summed E-state index contributed by atoms with van der Waals surface area (Å²) < 4.78 is 26.1. The zero-order valence-corrected chi connectivity index (χ0v) is 11.4. The van der Waals surface area contributed by atoms with Gasteiger partial charge in [-0.2, -0.15) is 0 Å². The Bertz CT molecular complexity index is 493. The number of nitrogens with two attached hydrogens (primary N) is 1. The second kappa shape index (κ2) is 5.57. The molecule has 0 aliphatic heterocycles. The summed E-state index contributed by atoms with van der Waals surface area (Å²) in [4.78, 5) is 0.638. The van der Waals surface area contributed by atoms with Crippen LogP contribution >= 0.6 is 12.2 Å². The molecule has 3 N–H and O–H groups in total. The van der Waals surface area contributed by atoms with Gasteiger partial charge in [-0.15, -0.1) is 0 Å². The minimum Gasteiger partial charge on any atom is -0.393 e. The molecule has 1 aromatic rings. The van der Waals surface area contributed by atoms with Crippen LogP contribution in [0.4, 0.5) is 0 Å². The van der Waals surface area contributed by atoms with Gasteiger partial charge in [-0.1, -0.05) is 24.4 Å². The highest BCUT2D eigenvalue weighted by atomic mass is 32.2. The van der Waals surface area contributed by atoms with Crippen molar-refractivity contribution in [2.24, 2.45) is 5.73 Å². The molecule has 0 heterocycles. The van der Waals surface area contributed by atoms with Gasteiger partial charge in [0.15, 0.2) is 0 Å². The third-order valence-electron chi connectivity index (χ3n) is 2.00. The lowest BCUT2D eigenvalue weighted by Gasteiger charge is -2.09. The first kappa shape index (κ1) is 14.1. The molecule has 0 spiro atoms. The third kappa shape index (κ3) is 4.41. The van der Waals surface area contributed by atoms with Gasteiger partial charge in [0.25, 0.3) is 0 Å². The standard InChI is InChI=1S/C11H16N2O2S2/c1-8(2)13-17(14,15)10-5-3-9(4-6-10)7-11(12)16/h3-6,8,13H,7H2,1-2H3,(H2,12,16). The number of hydrogen-bond donors (Lipinski definition) is 2. The molecule has 94 valence electrons. The molecule has 0 aromatic heterocycles. The smallest absolute Gasteiger partial charge is 0.240 e. The largest absolute Gasteiger partial charge is 0.393 e. The minimum atomic E-state index is -3.42. The molecule has 0 fully saturated rings. The number of hydrogen-bond acceptors (Lipinski definition) is 3. The summed E-state index contributed by atoms with van der Waals surface area (Å²) in [5.41, 5.74) is 6.32. The summed E-state index contributed by atoms with van der Waals surface area (Å²) in [5, 5.41) is 0. The summed E-state index contributed by atoms with van der Waals surface area (Å²) in [5.74, 6) is 0. The molecule has 1 rings (SSSR count). The summed E-state index contributed by atoms with van der Waals surface area (Å²) in [6.45, 7) is 3.55. The van der Waals surface area contributed by atoms with Gasteiger partial charge in [-0.05, 0) is 31.5 Å². The first-order chi connectivity index (χ1) is 7.81. The van der Waals surface area contributed by atoms with E-state index in [0.717, 1.165) is 5.56 Å². The predicted molar refractivity (Wildman–Crippen MR) is 72.4 cm³/mol. The Labute approximate surface area is 107 Å². The van der Waals surface area contributed by atoms with Gasteiger partial charge in [0, 0.05) is 12.5 Å². The Balaban J connectivity index is 2.91. The second-order valence-electron chi connectivity index (χ2n) is 4.06. The summed E-state index contributed by atoms with van der Waals surface area (Å²) in [7, 11) is -3.42. The fraction of sp³-hybridized carbons (Fsp3) is 0.364. The first-order valence-corrected chi connectivity index (χ1v) is 7.10. The number of nitrogens with one attached hydrogen (secondary N) is 1. The molecule has 1 aromatic carbocycles. The van der Waals surface area contributed by atoms with Crippen LogP contribution in [0.3, 0.4) is 0 Å². The monoisotopic (exact) mass is 272 g/mol. The van der Waals surface area contributed by atoms with Gasteiger partial charge in [0.2, 0.25) is 10.0 Å². The van der Waals surface area contributed by atoms with E-state index in [0.29, 0.717) is 11.4 Å². The Morgan fingerprint density at radius 2 is 1.88 bits per heavy atom. The minimum absolute atomic E-state index is 0.128. The predicted octanol–water partition coefficient (Wildman–Crippen LogP) is 1.20. The van der Waals surface area contributed by atoms with E-state index >= 15 is 0 Å². The fourth-order valence-electron chi connectivity index (χ4n) is 1.37. The van der Waals surface area contributed by atoms with Crippen LogP contribution in [0.25, 0.3) is 0 Å². The maximum Gasteiger partial charge on any atom is 0.240 e. The van der Waals surface area contributed by atoms with Crippen LogP contribution in [0, 0.1) is 0 Å². The first-order valence-electron chi connectivity index (χ1n) is 5.21. The molecule has 0 saturated heterocycles. The van der Waals surface area contributed by atoms with Gasteiger partial charge in [0.1, 0.15) is 0 Å². The number of rotatable bonds is 5. The Hall–Kier alpha value is -0.980. The van der Waals surface area contributed by atoms with E-state index in [1.807, 2.05) is 0 Å². The molecule has 0 saturated carbocycles. The van der Waals surface area contributed by atoms with Gasteiger partial charge in [0.05, 0.1) is 9.88 Å². The van der Waals surface area contributed by atoms with Crippen molar-refractivity contribution >= 4 is 27.2 Å². The molecular weight excluding hydrogens is 256 g/mol. The van der Waals surface area contributed by atoms with Crippen molar-refractivity contribution in [2.75, 3.05) is 0 Å². The van der Waals surface area contributed by atoms with E-state index in [1.165, 1.54) is 0 Å². The highest BCUT2D eigenvalue weighted by molar-refractivity contribution is 7.89. The highest BCUT2D eigenvalue weighted by Gasteiger charge is 2.14. The maximum absolute atomic E-state index is 11.8. The normalized spacial score (nSPS) is 11.7. The van der Waals surface area contributed by atoms with Crippen LogP contribution in [0.15, 0.2) is 29.2 Å². The molecule has 0 radical (unpaired) electrons. The van der Waals surface area contributed by atoms with Crippen LogP contribution in [-0.4, -0.2) is 19.4 Å².